The van der Waals surface area contributed by atoms with Crippen LogP contribution in [0.1, 0.15) is 12.8 Å². The van der Waals surface area contributed by atoms with Crippen LogP contribution in [0.3, 0.4) is 0 Å². The summed E-state index contributed by atoms with van der Waals surface area (Å²) in [5, 5.41) is 1.31. The lowest BCUT2D eigenvalue weighted by atomic mass is 10.3. The maximum absolute atomic E-state index is 5.83. The van der Waals surface area contributed by atoms with Crippen molar-refractivity contribution in [3.8, 4) is 0 Å². The Morgan fingerprint density at radius 1 is 1.15 bits per heavy atom. The van der Waals surface area contributed by atoms with E-state index in [1.165, 1.54) is 22.5 Å². The predicted molar refractivity (Wildman–Crippen MR) is 59.5 cm³/mol. The minimum absolute atomic E-state index is 0.979. The summed E-state index contributed by atoms with van der Waals surface area (Å²) >= 11 is 2.42. The molecule has 0 radical (unpaired) electrons. The molecule has 1 aromatic rings. The van der Waals surface area contributed by atoms with Gasteiger partial charge in [0.05, 0.1) is 0 Å². The summed E-state index contributed by atoms with van der Waals surface area (Å²) in [6.07, 6.45) is 2.60. The van der Waals surface area contributed by atoms with Gasteiger partial charge in [-0.05, 0) is 18.6 Å². The van der Waals surface area contributed by atoms with Crippen molar-refractivity contribution in [1.82, 2.24) is 0 Å². The molecule has 1 aliphatic heterocycles. The second kappa shape index (κ2) is 4.61. The monoisotopic (exact) mass is 254 g/mol. The molecule has 0 N–H and O–H groups in total. The van der Waals surface area contributed by atoms with Crippen molar-refractivity contribution in [3.05, 3.63) is 28.7 Å². The van der Waals surface area contributed by atoms with Crippen LogP contribution in [-0.4, -0.2) is 21.1 Å². The fourth-order valence-electron chi connectivity index (χ4n) is 1.68. The maximum atomic E-state index is 5.83. The Kier molecular flexibility index (Phi) is 3.46. The van der Waals surface area contributed by atoms with Gasteiger partial charge >= 0.3 is 14.5 Å². The maximum Gasteiger partial charge on any atom is 0.502 e. The molecule has 1 aromatic carbocycles. The van der Waals surface area contributed by atoms with Crippen molar-refractivity contribution in [2.75, 3.05) is 6.61 Å². The highest BCUT2D eigenvalue weighted by atomic mass is 79.9. The molecule has 68 valence electrons. The van der Waals surface area contributed by atoms with Gasteiger partial charge in [0.1, 0.15) is 0 Å². The molecule has 0 amide bonds. The van der Waals surface area contributed by atoms with E-state index in [0.717, 1.165) is 11.1 Å². The van der Waals surface area contributed by atoms with Crippen LogP contribution in [0.4, 0.5) is 0 Å². The molecule has 0 spiro atoms. The van der Waals surface area contributed by atoms with Crippen LogP contribution < -0.4 is 4.43 Å². The van der Waals surface area contributed by atoms with Gasteiger partial charge in [0, 0.05) is 11.1 Å². The van der Waals surface area contributed by atoms with Crippen LogP contribution in [0, 0.1) is 0 Å². The molecule has 1 saturated heterocycles. The second-order valence-electron chi connectivity index (χ2n) is 3.41. The van der Waals surface area contributed by atoms with Gasteiger partial charge in [0.25, 0.3) is 0 Å². The third-order valence-electron chi connectivity index (χ3n) is 2.42. The number of benzene rings is 1. The van der Waals surface area contributed by atoms with Crippen LogP contribution in [-0.2, 0) is 3.79 Å². The van der Waals surface area contributed by atoms with Gasteiger partial charge in [-0.2, -0.15) is 0 Å². The molecule has 0 aromatic heterocycles. The van der Waals surface area contributed by atoms with Crippen LogP contribution in [0.2, 0.25) is 5.28 Å². The largest absolute Gasteiger partial charge is 0.502 e. The molecule has 1 heterocycles. The van der Waals surface area contributed by atoms with Crippen LogP contribution in [0.25, 0.3) is 0 Å². The Hall–Kier alpha value is 0.192. The first-order valence-electron chi connectivity index (χ1n) is 4.73. The lowest BCUT2D eigenvalue weighted by molar-refractivity contribution is 0.294. The molecule has 1 nitrogen and oxygen atoms in total. The highest BCUT2D eigenvalue weighted by molar-refractivity contribution is 9.10. The normalized spacial score (nSPS) is 17.5. The number of rotatable bonds is 1. The highest BCUT2D eigenvalue weighted by Gasteiger charge is 2.25. The Bertz CT molecular complexity index is 267. The van der Waals surface area contributed by atoms with Gasteiger partial charge in [-0.3, -0.25) is 0 Å². The zero-order chi connectivity index (χ0) is 9.10. The first-order chi connectivity index (χ1) is 6.36. The standard InChI is InChI=1S/C6H4Br.C4H8O.Al/c7-6-4-2-1-3-5-6;1-2-3-4-5;/h2-5H;1-4H2;/q;-1;+1. The van der Waals surface area contributed by atoms with Crippen LogP contribution in [0.15, 0.2) is 28.7 Å². The lowest BCUT2D eigenvalue weighted by Gasteiger charge is -2.18. The molecule has 0 bridgehead atoms. The average molecular weight is 255 g/mol. The SMILES string of the molecule is Brc1cc[c]([Al]2[CH2]CCC[O]2)cc1. The second-order valence-corrected chi connectivity index (χ2v) is 6.88. The Morgan fingerprint density at radius 3 is 2.54 bits per heavy atom. The number of hydrogen-bond donors (Lipinski definition) is 0. The van der Waals surface area contributed by atoms with Crippen molar-refractivity contribution in [1.29, 1.82) is 0 Å². The zero-order valence-corrected chi connectivity index (χ0v) is 10.2. The molecule has 0 unspecified atom stereocenters. The summed E-state index contributed by atoms with van der Waals surface area (Å²) in [5.41, 5.74) is 0. The Balaban J connectivity index is 2.10. The Labute approximate surface area is 92.0 Å². The number of hydrogen-bond acceptors (Lipinski definition) is 1. The molecule has 3 heteroatoms. The van der Waals surface area contributed by atoms with Crippen molar-refractivity contribution in [3.63, 3.8) is 0 Å². The van der Waals surface area contributed by atoms with E-state index in [1.807, 2.05) is 0 Å². The van der Waals surface area contributed by atoms with Gasteiger partial charge in [0.2, 0.25) is 0 Å². The van der Waals surface area contributed by atoms with Crippen molar-refractivity contribution < 1.29 is 3.79 Å². The fraction of sp³-hybridized carbons (Fsp3) is 0.400. The summed E-state index contributed by atoms with van der Waals surface area (Å²) < 4.78 is 8.43. The summed E-state index contributed by atoms with van der Waals surface area (Å²) in [6.45, 7) is 0.979. The van der Waals surface area contributed by atoms with Crippen molar-refractivity contribution >= 4 is 34.8 Å². The van der Waals surface area contributed by atoms with E-state index >= 15 is 0 Å². The van der Waals surface area contributed by atoms with Gasteiger partial charge in [0.15, 0.2) is 0 Å². The summed E-state index contributed by atoms with van der Waals surface area (Å²) in [5.74, 6) is 0. The Morgan fingerprint density at radius 2 is 1.92 bits per heavy atom. The molecule has 1 aliphatic rings. The summed E-state index contributed by atoms with van der Waals surface area (Å²) in [7, 11) is 0. The molecular formula is C10H12AlBrO. The van der Waals surface area contributed by atoms with E-state index in [4.69, 9.17) is 3.79 Å². The van der Waals surface area contributed by atoms with Gasteiger partial charge in [-0.1, -0.05) is 44.2 Å². The molecule has 2 rings (SSSR count). The third kappa shape index (κ3) is 2.57. The molecule has 1 fully saturated rings. The van der Waals surface area contributed by atoms with E-state index in [9.17, 15) is 0 Å². The van der Waals surface area contributed by atoms with Crippen molar-refractivity contribution in [2.45, 2.75) is 18.1 Å². The first kappa shape index (κ1) is 9.74. The predicted octanol–water partition coefficient (Wildman–Crippen LogP) is 2.46. The summed E-state index contributed by atoms with van der Waals surface area (Å²) in [4.78, 5) is 0. The van der Waals surface area contributed by atoms with Crippen LogP contribution in [0.5, 0.6) is 0 Å². The van der Waals surface area contributed by atoms with Gasteiger partial charge in [-0.15, -0.1) is 0 Å². The van der Waals surface area contributed by atoms with E-state index < -0.39 is 14.5 Å². The van der Waals surface area contributed by atoms with Gasteiger partial charge < -0.3 is 3.79 Å². The minimum Gasteiger partial charge on any atom is -0.497 e. The fourth-order valence-corrected chi connectivity index (χ4v) is 4.37. The van der Waals surface area contributed by atoms with E-state index in [1.54, 1.807) is 0 Å². The zero-order valence-electron chi connectivity index (χ0n) is 7.50. The van der Waals surface area contributed by atoms with Crippen molar-refractivity contribution in [2.24, 2.45) is 0 Å². The highest BCUT2D eigenvalue weighted by Crippen LogP contribution is 2.12. The molecule has 0 aliphatic carbocycles. The average Bonchev–Trinajstić information content (AvgIpc) is 2.20. The quantitative estimate of drug-likeness (QED) is 0.700. The molecule has 0 atom stereocenters. The van der Waals surface area contributed by atoms with Crippen LogP contribution >= 0.6 is 15.9 Å². The lowest BCUT2D eigenvalue weighted by Crippen LogP contribution is -2.36. The summed E-state index contributed by atoms with van der Waals surface area (Å²) in [6, 6.07) is 8.62. The van der Waals surface area contributed by atoms with E-state index in [0.29, 0.717) is 0 Å². The van der Waals surface area contributed by atoms with E-state index in [2.05, 4.69) is 40.2 Å². The van der Waals surface area contributed by atoms with Gasteiger partial charge in [-0.25, -0.2) is 0 Å². The minimum atomic E-state index is -1.03. The molecule has 0 saturated carbocycles. The molecular weight excluding hydrogens is 243 g/mol. The first-order valence-corrected chi connectivity index (χ1v) is 7.39. The molecule has 13 heavy (non-hydrogen) atoms. The smallest absolute Gasteiger partial charge is 0.497 e. The third-order valence-corrected chi connectivity index (χ3v) is 5.65. The topological polar surface area (TPSA) is 9.23 Å². The number of halogens is 1. The van der Waals surface area contributed by atoms with E-state index in [-0.39, 0.29) is 0 Å².